The Morgan fingerprint density at radius 1 is 1.17 bits per heavy atom. The van der Waals surface area contributed by atoms with E-state index in [1.807, 2.05) is 35.8 Å². The highest BCUT2D eigenvalue weighted by molar-refractivity contribution is 6.30. The highest BCUT2D eigenvalue weighted by Gasteiger charge is 2.29. The quantitative estimate of drug-likeness (QED) is 0.700. The van der Waals surface area contributed by atoms with Crippen molar-refractivity contribution in [3.8, 4) is 0 Å². The zero-order valence-corrected chi connectivity index (χ0v) is 17.0. The van der Waals surface area contributed by atoms with Gasteiger partial charge in [0, 0.05) is 30.2 Å². The Balaban J connectivity index is 1.48. The number of para-hydroxylation sites is 2. The Kier molecular flexibility index (Phi) is 5.53. The number of halogens is 1. The van der Waals surface area contributed by atoms with Gasteiger partial charge in [0.1, 0.15) is 0 Å². The van der Waals surface area contributed by atoms with Crippen LogP contribution in [0.1, 0.15) is 30.1 Å². The lowest BCUT2D eigenvalue weighted by atomic mass is 9.96. The second kappa shape index (κ2) is 8.25. The number of anilines is 1. The molecule has 1 N–H and O–H groups in total. The van der Waals surface area contributed by atoms with Crippen molar-refractivity contribution in [1.29, 1.82) is 0 Å². The minimum Gasteiger partial charge on any atom is -0.338 e. The molecule has 0 saturated carbocycles. The number of rotatable bonds is 4. The zero-order valence-electron chi connectivity index (χ0n) is 16.3. The molecule has 0 spiro atoms. The van der Waals surface area contributed by atoms with Crippen LogP contribution in [0.3, 0.4) is 0 Å². The smallest absolute Gasteiger partial charge is 0.253 e. The van der Waals surface area contributed by atoms with Gasteiger partial charge in [0.05, 0.1) is 17.0 Å². The SMILES string of the molecule is CCn1c(NC(=O)[C@@H]2CCCN(C(=O)c3ccc(Cl)cc3)C2)nc2ccccc21. The van der Waals surface area contributed by atoms with Crippen molar-refractivity contribution in [3.63, 3.8) is 0 Å². The summed E-state index contributed by atoms with van der Waals surface area (Å²) in [6.07, 6.45) is 1.55. The van der Waals surface area contributed by atoms with E-state index in [1.165, 1.54) is 0 Å². The number of fused-ring (bicyclic) bond motifs is 1. The topological polar surface area (TPSA) is 67.2 Å². The third kappa shape index (κ3) is 3.98. The molecule has 7 heteroatoms. The molecule has 0 radical (unpaired) electrons. The van der Waals surface area contributed by atoms with Gasteiger partial charge in [-0.25, -0.2) is 4.98 Å². The van der Waals surface area contributed by atoms with Crippen molar-refractivity contribution in [2.45, 2.75) is 26.3 Å². The van der Waals surface area contributed by atoms with Gasteiger partial charge >= 0.3 is 0 Å². The van der Waals surface area contributed by atoms with Gasteiger partial charge in [0.15, 0.2) is 0 Å². The lowest BCUT2D eigenvalue weighted by Crippen LogP contribution is -2.44. The first-order valence-electron chi connectivity index (χ1n) is 9.87. The molecule has 1 fully saturated rings. The van der Waals surface area contributed by atoms with E-state index < -0.39 is 0 Å². The summed E-state index contributed by atoms with van der Waals surface area (Å²) >= 11 is 5.91. The van der Waals surface area contributed by atoms with Crippen molar-refractivity contribution in [2.75, 3.05) is 18.4 Å². The maximum absolute atomic E-state index is 12.9. The van der Waals surface area contributed by atoms with Gasteiger partial charge in [-0.3, -0.25) is 14.9 Å². The average molecular weight is 411 g/mol. The van der Waals surface area contributed by atoms with E-state index in [4.69, 9.17) is 11.6 Å². The summed E-state index contributed by atoms with van der Waals surface area (Å²) in [6, 6.07) is 14.7. The van der Waals surface area contributed by atoms with Crippen molar-refractivity contribution in [1.82, 2.24) is 14.5 Å². The summed E-state index contributed by atoms with van der Waals surface area (Å²) in [5.41, 5.74) is 2.43. The predicted octanol–water partition coefficient (Wildman–Crippen LogP) is 4.20. The number of imidazole rings is 1. The molecule has 2 amide bonds. The fraction of sp³-hybridized carbons (Fsp3) is 0.318. The van der Waals surface area contributed by atoms with Crippen LogP contribution in [0.25, 0.3) is 11.0 Å². The summed E-state index contributed by atoms with van der Waals surface area (Å²) in [6.45, 7) is 3.79. The predicted molar refractivity (Wildman–Crippen MR) is 114 cm³/mol. The molecule has 3 aromatic rings. The molecule has 1 saturated heterocycles. The number of nitrogens with zero attached hydrogens (tertiary/aromatic N) is 3. The van der Waals surface area contributed by atoms with Crippen LogP contribution in [0.2, 0.25) is 5.02 Å². The van der Waals surface area contributed by atoms with Crippen LogP contribution in [0.4, 0.5) is 5.95 Å². The van der Waals surface area contributed by atoms with E-state index >= 15 is 0 Å². The molecule has 150 valence electrons. The monoisotopic (exact) mass is 410 g/mol. The maximum atomic E-state index is 12.9. The molecule has 6 nitrogen and oxygen atoms in total. The number of carbonyl (C=O) groups is 2. The number of piperidine rings is 1. The van der Waals surface area contributed by atoms with Crippen molar-refractivity contribution < 1.29 is 9.59 Å². The van der Waals surface area contributed by atoms with Crippen LogP contribution >= 0.6 is 11.6 Å². The minimum absolute atomic E-state index is 0.0695. The largest absolute Gasteiger partial charge is 0.338 e. The fourth-order valence-electron chi connectivity index (χ4n) is 3.85. The Bertz CT molecular complexity index is 1040. The van der Waals surface area contributed by atoms with Gasteiger partial charge in [-0.1, -0.05) is 23.7 Å². The first kappa shape index (κ1) is 19.5. The molecule has 1 aliphatic heterocycles. The molecule has 1 aromatic heterocycles. The van der Waals surface area contributed by atoms with Gasteiger partial charge < -0.3 is 9.47 Å². The molecule has 29 heavy (non-hydrogen) atoms. The normalized spacial score (nSPS) is 16.8. The number of carbonyl (C=O) groups excluding carboxylic acids is 2. The van der Waals surface area contributed by atoms with E-state index in [2.05, 4.69) is 10.3 Å². The number of nitrogens with one attached hydrogen (secondary N) is 1. The van der Waals surface area contributed by atoms with Gasteiger partial charge in [0.25, 0.3) is 5.91 Å². The lowest BCUT2D eigenvalue weighted by molar-refractivity contribution is -0.121. The van der Waals surface area contributed by atoms with Crippen LogP contribution in [0, 0.1) is 5.92 Å². The van der Waals surface area contributed by atoms with Crippen LogP contribution in [0.15, 0.2) is 48.5 Å². The maximum Gasteiger partial charge on any atom is 0.253 e. The van der Waals surface area contributed by atoms with Crippen LogP contribution in [-0.2, 0) is 11.3 Å². The molecule has 0 unspecified atom stereocenters. The summed E-state index contributed by atoms with van der Waals surface area (Å²) in [5.74, 6) is 0.133. The molecule has 2 heterocycles. The van der Waals surface area contributed by atoms with E-state index in [0.717, 1.165) is 23.9 Å². The summed E-state index contributed by atoms with van der Waals surface area (Å²) in [5, 5.41) is 3.58. The highest BCUT2D eigenvalue weighted by atomic mass is 35.5. The molecule has 1 atom stereocenters. The summed E-state index contributed by atoms with van der Waals surface area (Å²) in [7, 11) is 0. The van der Waals surface area contributed by atoms with Crippen LogP contribution < -0.4 is 5.32 Å². The van der Waals surface area contributed by atoms with E-state index in [1.54, 1.807) is 29.2 Å². The Hall–Kier alpha value is -2.86. The van der Waals surface area contributed by atoms with Crippen LogP contribution in [0.5, 0.6) is 0 Å². The fourth-order valence-corrected chi connectivity index (χ4v) is 3.98. The van der Waals surface area contributed by atoms with Crippen LogP contribution in [-0.4, -0.2) is 39.4 Å². The van der Waals surface area contributed by atoms with Gasteiger partial charge in [-0.05, 0) is 56.2 Å². The number of hydrogen-bond donors (Lipinski definition) is 1. The van der Waals surface area contributed by atoms with E-state index in [0.29, 0.717) is 36.2 Å². The molecule has 2 aromatic carbocycles. The molecule has 1 aliphatic rings. The first-order valence-corrected chi connectivity index (χ1v) is 10.3. The van der Waals surface area contributed by atoms with Crippen molar-refractivity contribution >= 4 is 40.4 Å². The second-order valence-electron chi connectivity index (χ2n) is 7.25. The van der Waals surface area contributed by atoms with Gasteiger partial charge in [-0.15, -0.1) is 0 Å². The standard InChI is InChI=1S/C22H23ClN4O2/c1-2-27-19-8-4-3-7-18(19)24-22(27)25-20(28)16-6-5-13-26(14-16)21(29)15-9-11-17(23)12-10-15/h3-4,7-12,16H,2,5-6,13-14H2,1H3,(H,24,25,28)/t16-/m1/s1. The molecule has 0 bridgehead atoms. The molecule has 4 rings (SSSR count). The highest BCUT2D eigenvalue weighted by Crippen LogP contribution is 2.23. The van der Waals surface area contributed by atoms with Gasteiger partial charge in [0.2, 0.25) is 11.9 Å². The summed E-state index contributed by atoms with van der Waals surface area (Å²) in [4.78, 5) is 32.0. The third-order valence-corrected chi connectivity index (χ3v) is 5.63. The first-order chi connectivity index (χ1) is 14.1. The van der Waals surface area contributed by atoms with Crippen molar-refractivity contribution in [2.24, 2.45) is 5.92 Å². The van der Waals surface area contributed by atoms with E-state index in [9.17, 15) is 9.59 Å². The number of amides is 2. The number of aromatic nitrogens is 2. The minimum atomic E-state index is -0.259. The molecular formula is C22H23ClN4O2. The van der Waals surface area contributed by atoms with Crippen molar-refractivity contribution in [3.05, 3.63) is 59.1 Å². The van der Waals surface area contributed by atoms with Gasteiger partial charge in [-0.2, -0.15) is 0 Å². The Labute approximate surface area is 174 Å². The lowest BCUT2D eigenvalue weighted by Gasteiger charge is -2.32. The summed E-state index contributed by atoms with van der Waals surface area (Å²) < 4.78 is 1.99. The van der Waals surface area contributed by atoms with E-state index in [-0.39, 0.29) is 17.7 Å². The number of aryl methyl sites for hydroxylation is 1. The zero-order chi connectivity index (χ0) is 20.4. The number of likely N-dealkylation sites (tertiary alicyclic amines) is 1. The third-order valence-electron chi connectivity index (χ3n) is 5.38. The molecule has 0 aliphatic carbocycles. The number of hydrogen-bond acceptors (Lipinski definition) is 3. The number of benzene rings is 2. The second-order valence-corrected chi connectivity index (χ2v) is 7.69. The molecular weight excluding hydrogens is 388 g/mol. The Morgan fingerprint density at radius 3 is 2.69 bits per heavy atom. The average Bonchev–Trinajstić information content (AvgIpc) is 3.10. The Morgan fingerprint density at radius 2 is 1.93 bits per heavy atom.